The van der Waals surface area contributed by atoms with Gasteiger partial charge in [-0.25, -0.2) is 0 Å². The Labute approximate surface area is 73.5 Å². The molecule has 0 fully saturated rings. The molecule has 0 saturated heterocycles. The van der Waals surface area contributed by atoms with E-state index >= 15 is 0 Å². The molecule has 3 heteroatoms. The quantitative estimate of drug-likeness (QED) is 0.469. The molecule has 0 heterocycles. The molecular weight excluding hydrogens is 154 g/mol. The molecule has 2 N–H and O–H groups in total. The van der Waals surface area contributed by atoms with Crippen molar-refractivity contribution in [2.75, 3.05) is 7.05 Å². The molecular formula is C9H17NO2. The fourth-order valence-corrected chi connectivity index (χ4v) is 0.856. The molecule has 1 atom stereocenters. The average Bonchev–Trinajstić information content (AvgIpc) is 2.04. The van der Waals surface area contributed by atoms with Gasteiger partial charge in [-0.3, -0.25) is 4.79 Å². The van der Waals surface area contributed by atoms with E-state index in [1.54, 1.807) is 13.1 Å². The normalized spacial score (nSPS) is 13.5. The van der Waals surface area contributed by atoms with Crippen molar-refractivity contribution in [3.8, 4) is 0 Å². The minimum Gasteiger partial charge on any atom is -0.480 e. The van der Waals surface area contributed by atoms with E-state index in [9.17, 15) is 4.79 Å². The Hall–Kier alpha value is -0.830. The Balaban J connectivity index is 3.69. The summed E-state index contributed by atoms with van der Waals surface area (Å²) in [6.45, 7) is 2.11. The first-order chi connectivity index (χ1) is 5.72. The molecule has 70 valence electrons. The molecule has 12 heavy (non-hydrogen) atoms. The van der Waals surface area contributed by atoms with Crippen molar-refractivity contribution in [2.24, 2.45) is 0 Å². The molecule has 1 unspecified atom stereocenters. The number of hydrogen-bond donors (Lipinski definition) is 2. The van der Waals surface area contributed by atoms with Crippen LogP contribution in [0.3, 0.4) is 0 Å². The Morgan fingerprint density at radius 2 is 2.33 bits per heavy atom. The van der Waals surface area contributed by atoms with Crippen LogP contribution in [0.15, 0.2) is 12.2 Å². The van der Waals surface area contributed by atoms with Gasteiger partial charge in [-0.05, 0) is 13.5 Å². The first-order valence-electron chi connectivity index (χ1n) is 4.29. The summed E-state index contributed by atoms with van der Waals surface area (Å²) in [6.07, 6.45) is 6.83. The minimum atomic E-state index is -0.828. The minimum absolute atomic E-state index is 0.540. The van der Waals surface area contributed by atoms with Gasteiger partial charge in [0.25, 0.3) is 0 Å². The molecule has 0 bridgehead atoms. The maximum atomic E-state index is 10.5. The van der Waals surface area contributed by atoms with E-state index in [4.69, 9.17) is 5.11 Å². The van der Waals surface area contributed by atoms with Crippen LogP contribution in [0.1, 0.15) is 26.2 Å². The summed E-state index contributed by atoms with van der Waals surface area (Å²) in [5.74, 6) is -0.828. The molecule has 0 aromatic heterocycles. The van der Waals surface area contributed by atoms with Crippen LogP contribution in [-0.2, 0) is 4.79 Å². The van der Waals surface area contributed by atoms with Gasteiger partial charge in [0.2, 0.25) is 0 Å². The van der Waals surface area contributed by atoms with E-state index in [2.05, 4.69) is 12.2 Å². The lowest BCUT2D eigenvalue weighted by Crippen LogP contribution is -2.31. The average molecular weight is 171 g/mol. The first-order valence-corrected chi connectivity index (χ1v) is 4.29. The summed E-state index contributed by atoms with van der Waals surface area (Å²) in [6, 6.07) is -0.540. The van der Waals surface area contributed by atoms with Gasteiger partial charge >= 0.3 is 5.97 Å². The molecule has 0 aromatic rings. The third-order valence-electron chi connectivity index (χ3n) is 1.63. The Bertz CT molecular complexity index is 155. The lowest BCUT2D eigenvalue weighted by atomic mass is 10.2. The zero-order valence-corrected chi connectivity index (χ0v) is 7.71. The molecule has 0 radical (unpaired) electrons. The van der Waals surface area contributed by atoms with Crippen LogP contribution in [-0.4, -0.2) is 24.2 Å². The van der Waals surface area contributed by atoms with E-state index in [0.29, 0.717) is 0 Å². The van der Waals surface area contributed by atoms with Crippen LogP contribution < -0.4 is 5.32 Å². The third-order valence-corrected chi connectivity index (χ3v) is 1.63. The SMILES string of the molecule is CCCC/C=C\C(NC)C(=O)O. The molecule has 0 spiro atoms. The number of rotatable bonds is 6. The zero-order chi connectivity index (χ0) is 9.40. The number of carboxylic acids is 1. The molecule has 0 aliphatic heterocycles. The highest BCUT2D eigenvalue weighted by Gasteiger charge is 2.08. The molecule has 0 aliphatic carbocycles. The van der Waals surface area contributed by atoms with Crippen molar-refractivity contribution in [2.45, 2.75) is 32.2 Å². The highest BCUT2D eigenvalue weighted by atomic mass is 16.4. The van der Waals surface area contributed by atoms with E-state index < -0.39 is 12.0 Å². The maximum absolute atomic E-state index is 10.5. The van der Waals surface area contributed by atoms with E-state index in [-0.39, 0.29) is 0 Å². The second-order valence-electron chi connectivity index (χ2n) is 2.67. The molecule has 0 amide bonds. The first kappa shape index (κ1) is 11.2. The van der Waals surface area contributed by atoms with Gasteiger partial charge < -0.3 is 10.4 Å². The van der Waals surface area contributed by atoms with E-state index in [1.165, 1.54) is 0 Å². The number of hydrogen-bond acceptors (Lipinski definition) is 2. The molecule has 0 saturated carbocycles. The molecule has 0 aromatic carbocycles. The summed E-state index contributed by atoms with van der Waals surface area (Å²) in [5.41, 5.74) is 0. The maximum Gasteiger partial charge on any atom is 0.324 e. The highest BCUT2D eigenvalue weighted by molar-refractivity contribution is 5.75. The van der Waals surface area contributed by atoms with E-state index in [0.717, 1.165) is 19.3 Å². The number of carboxylic acid groups (broad SMARTS) is 1. The van der Waals surface area contributed by atoms with Crippen molar-refractivity contribution < 1.29 is 9.90 Å². The predicted octanol–water partition coefficient (Wildman–Crippen LogP) is 1.41. The second-order valence-corrected chi connectivity index (χ2v) is 2.67. The largest absolute Gasteiger partial charge is 0.480 e. The number of allylic oxidation sites excluding steroid dienone is 1. The van der Waals surface area contributed by atoms with Gasteiger partial charge in [-0.15, -0.1) is 0 Å². The summed E-state index contributed by atoms with van der Waals surface area (Å²) in [5, 5.41) is 11.3. The lowest BCUT2D eigenvalue weighted by Gasteiger charge is -2.03. The van der Waals surface area contributed by atoms with Crippen molar-refractivity contribution >= 4 is 5.97 Å². The van der Waals surface area contributed by atoms with Crippen LogP contribution in [0, 0.1) is 0 Å². The second kappa shape index (κ2) is 6.85. The van der Waals surface area contributed by atoms with Crippen LogP contribution in [0.2, 0.25) is 0 Å². The summed E-state index contributed by atoms with van der Waals surface area (Å²) in [7, 11) is 1.64. The van der Waals surface area contributed by atoms with Gasteiger partial charge in [0.05, 0.1) is 0 Å². The molecule has 3 nitrogen and oxygen atoms in total. The van der Waals surface area contributed by atoms with Gasteiger partial charge in [0.1, 0.15) is 6.04 Å². The molecule has 0 rings (SSSR count). The highest BCUT2D eigenvalue weighted by Crippen LogP contribution is 1.96. The van der Waals surface area contributed by atoms with E-state index in [1.807, 2.05) is 6.08 Å². The van der Waals surface area contributed by atoms with Gasteiger partial charge in [0, 0.05) is 0 Å². The Morgan fingerprint density at radius 3 is 2.75 bits per heavy atom. The van der Waals surface area contributed by atoms with Gasteiger partial charge in [0.15, 0.2) is 0 Å². The molecule has 0 aliphatic rings. The van der Waals surface area contributed by atoms with Crippen LogP contribution >= 0.6 is 0 Å². The fourth-order valence-electron chi connectivity index (χ4n) is 0.856. The number of nitrogens with one attached hydrogen (secondary N) is 1. The Kier molecular flexibility index (Phi) is 6.38. The number of unbranched alkanes of at least 4 members (excludes halogenated alkanes) is 2. The summed E-state index contributed by atoms with van der Waals surface area (Å²) < 4.78 is 0. The standard InChI is InChI=1S/C9H17NO2/c1-3-4-5-6-7-8(10-2)9(11)12/h6-8,10H,3-5H2,1-2H3,(H,11,12)/b7-6-. The Morgan fingerprint density at radius 1 is 1.67 bits per heavy atom. The van der Waals surface area contributed by atoms with Gasteiger partial charge in [-0.1, -0.05) is 31.9 Å². The monoisotopic (exact) mass is 171 g/mol. The fraction of sp³-hybridized carbons (Fsp3) is 0.667. The predicted molar refractivity (Wildman–Crippen MR) is 49.1 cm³/mol. The number of carbonyl (C=O) groups is 1. The third kappa shape index (κ3) is 4.91. The van der Waals surface area contributed by atoms with Crippen molar-refractivity contribution in [1.29, 1.82) is 0 Å². The van der Waals surface area contributed by atoms with Crippen LogP contribution in [0.25, 0.3) is 0 Å². The topological polar surface area (TPSA) is 49.3 Å². The zero-order valence-electron chi connectivity index (χ0n) is 7.71. The van der Waals surface area contributed by atoms with Gasteiger partial charge in [-0.2, -0.15) is 0 Å². The lowest BCUT2D eigenvalue weighted by molar-refractivity contribution is -0.138. The smallest absolute Gasteiger partial charge is 0.324 e. The van der Waals surface area contributed by atoms with Crippen molar-refractivity contribution in [3.05, 3.63) is 12.2 Å². The summed E-state index contributed by atoms with van der Waals surface area (Å²) >= 11 is 0. The number of aliphatic carboxylic acids is 1. The van der Waals surface area contributed by atoms with Crippen LogP contribution in [0.5, 0.6) is 0 Å². The number of likely N-dealkylation sites (N-methyl/N-ethyl adjacent to an activating group) is 1. The van der Waals surface area contributed by atoms with Crippen LogP contribution in [0.4, 0.5) is 0 Å². The van der Waals surface area contributed by atoms with Crippen molar-refractivity contribution in [1.82, 2.24) is 5.32 Å². The van der Waals surface area contributed by atoms with Crippen molar-refractivity contribution in [3.63, 3.8) is 0 Å². The summed E-state index contributed by atoms with van der Waals surface area (Å²) in [4.78, 5) is 10.5.